The Morgan fingerprint density at radius 2 is 1.70 bits per heavy atom. The minimum atomic E-state index is -0.512. The Balaban J connectivity index is 2.16. The minimum Gasteiger partial charge on any atom is -0.496 e. The van der Waals surface area contributed by atoms with Gasteiger partial charge in [-0.3, -0.25) is 9.59 Å². The molecule has 0 unspecified atom stereocenters. The summed E-state index contributed by atoms with van der Waals surface area (Å²) < 4.78 is 10.3. The van der Waals surface area contributed by atoms with E-state index in [1.54, 1.807) is 56.7 Å². The normalized spacial score (nSPS) is 10.2. The van der Waals surface area contributed by atoms with Crippen molar-refractivity contribution in [3.05, 3.63) is 59.2 Å². The van der Waals surface area contributed by atoms with Gasteiger partial charge < -0.3 is 20.5 Å². The molecule has 0 saturated heterocycles. The molecule has 0 saturated carbocycles. The van der Waals surface area contributed by atoms with E-state index in [0.717, 1.165) is 5.56 Å². The van der Waals surface area contributed by atoms with Gasteiger partial charge in [-0.05, 0) is 42.5 Å². The average Bonchev–Trinajstić information content (AvgIpc) is 2.55. The van der Waals surface area contributed by atoms with Crippen molar-refractivity contribution in [3.63, 3.8) is 0 Å². The van der Waals surface area contributed by atoms with Crippen molar-refractivity contribution in [2.24, 2.45) is 5.73 Å². The summed E-state index contributed by atoms with van der Waals surface area (Å²) in [6.45, 7) is 0.345. The van der Waals surface area contributed by atoms with Gasteiger partial charge in [-0.15, -0.1) is 0 Å². The highest BCUT2D eigenvalue weighted by molar-refractivity contribution is 6.04. The Labute approximate surface area is 134 Å². The first-order chi connectivity index (χ1) is 11.0. The first-order valence-electron chi connectivity index (χ1n) is 6.92. The van der Waals surface area contributed by atoms with Crippen LogP contribution in [0.2, 0.25) is 0 Å². The zero-order valence-corrected chi connectivity index (χ0v) is 13.0. The molecule has 2 rings (SSSR count). The number of rotatable bonds is 6. The van der Waals surface area contributed by atoms with Gasteiger partial charge in [0.15, 0.2) is 0 Å². The molecule has 0 spiro atoms. The summed E-state index contributed by atoms with van der Waals surface area (Å²) in [5.41, 5.74) is 7.40. The predicted molar refractivity (Wildman–Crippen MR) is 86.6 cm³/mol. The standard InChI is InChI=1S/C17H18N2O4/c1-22-10-13-9-12(5-8-15(13)23-2)17(21)19-14-6-3-11(4-7-14)16(18)20/h3-9H,10H2,1-2H3,(H2,18,20)(H,19,21). The van der Waals surface area contributed by atoms with Crippen LogP contribution in [0.3, 0.4) is 0 Å². The van der Waals surface area contributed by atoms with Crippen LogP contribution >= 0.6 is 0 Å². The highest BCUT2D eigenvalue weighted by atomic mass is 16.5. The van der Waals surface area contributed by atoms with Crippen LogP contribution < -0.4 is 15.8 Å². The van der Waals surface area contributed by atoms with E-state index in [2.05, 4.69) is 5.32 Å². The van der Waals surface area contributed by atoms with Gasteiger partial charge in [0.2, 0.25) is 5.91 Å². The number of ether oxygens (including phenoxy) is 2. The fourth-order valence-corrected chi connectivity index (χ4v) is 2.11. The topological polar surface area (TPSA) is 90.6 Å². The number of hydrogen-bond acceptors (Lipinski definition) is 4. The van der Waals surface area contributed by atoms with Gasteiger partial charge >= 0.3 is 0 Å². The van der Waals surface area contributed by atoms with Crippen molar-refractivity contribution in [2.45, 2.75) is 6.61 Å². The molecule has 6 nitrogen and oxygen atoms in total. The molecular weight excluding hydrogens is 296 g/mol. The highest BCUT2D eigenvalue weighted by Crippen LogP contribution is 2.21. The second-order valence-electron chi connectivity index (χ2n) is 4.86. The van der Waals surface area contributed by atoms with Gasteiger partial charge in [0.1, 0.15) is 5.75 Å². The Morgan fingerprint density at radius 1 is 1.04 bits per heavy atom. The van der Waals surface area contributed by atoms with Crippen LogP contribution in [0.1, 0.15) is 26.3 Å². The maximum Gasteiger partial charge on any atom is 0.255 e. The van der Waals surface area contributed by atoms with E-state index in [4.69, 9.17) is 15.2 Å². The summed E-state index contributed by atoms with van der Waals surface area (Å²) in [6, 6.07) is 11.5. The molecule has 0 aliphatic rings. The molecule has 0 radical (unpaired) electrons. The van der Waals surface area contributed by atoms with Crippen LogP contribution in [0.15, 0.2) is 42.5 Å². The summed E-state index contributed by atoms with van der Waals surface area (Å²) in [4.78, 5) is 23.3. The molecule has 2 aromatic carbocycles. The first-order valence-corrected chi connectivity index (χ1v) is 6.92. The van der Waals surface area contributed by atoms with Crippen LogP contribution in [-0.2, 0) is 11.3 Å². The molecule has 0 aliphatic carbocycles. The van der Waals surface area contributed by atoms with Crippen molar-refractivity contribution < 1.29 is 19.1 Å². The third-order valence-corrected chi connectivity index (χ3v) is 3.27. The lowest BCUT2D eigenvalue weighted by Gasteiger charge is -2.11. The number of nitrogens with one attached hydrogen (secondary N) is 1. The van der Waals surface area contributed by atoms with Crippen molar-refractivity contribution in [2.75, 3.05) is 19.5 Å². The highest BCUT2D eigenvalue weighted by Gasteiger charge is 2.11. The van der Waals surface area contributed by atoms with Gasteiger partial charge in [0.05, 0.1) is 13.7 Å². The molecule has 0 aromatic heterocycles. The quantitative estimate of drug-likeness (QED) is 0.855. The fourth-order valence-electron chi connectivity index (χ4n) is 2.11. The van der Waals surface area contributed by atoms with Crippen molar-refractivity contribution in [1.29, 1.82) is 0 Å². The number of methoxy groups -OCH3 is 2. The summed E-state index contributed by atoms with van der Waals surface area (Å²) in [7, 11) is 3.14. The number of hydrogen-bond donors (Lipinski definition) is 2. The van der Waals surface area contributed by atoms with Crippen LogP contribution in [0.25, 0.3) is 0 Å². The molecule has 0 aliphatic heterocycles. The molecule has 3 N–H and O–H groups in total. The third kappa shape index (κ3) is 4.08. The van der Waals surface area contributed by atoms with Gasteiger partial charge in [-0.2, -0.15) is 0 Å². The Morgan fingerprint density at radius 3 is 2.26 bits per heavy atom. The predicted octanol–water partition coefficient (Wildman–Crippen LogP) is 2.19. The lowest BCUT2D eigenvalue weighted by Crippen LogP contribution is -2.14. The number of anilines is 1. The SMILES string of the molecule is COCc1cc(C(=O)Nc2ccc(C(N)=O)cc2)ccc1OC. The van der Waals surface area contributed by atoms with E-state index in [1.165, 1.54) is 0 Å². The van der Waals surface area contributed by atoms with Crippen LogP contribution in [-0.4, -0.2) is 26.0 Å². The number of nitrogens with two attached hydrogens (primary N) is 1. The number of carbonyl (C=O) groups excluding carboxylic acids is 2. The van der Waals surface area contributed by atoms with E-state index in [-0.39, 0.29) is 5.91 Å². The van der Waals surface area contributed by atoms with Crippen LogP contribution in [0, 0.1) is 0 Å². The van der Waals surface area contributed by atoms with Crippen molar-refractivity contribution >= 4 is 17.5 Å². The lowest BCUT2D eigenvalue weighted by molar-refractivity contribution is 0.0998. The van der Waals surface area contributed by atoms with E-state index < -0.39 is 5.91 Å². The third-order valence-electron chi connectivity index (χ3n) is 3.27. The van der Waals surface area contributed by atoms with E-state index in [0.29, 0.717) is 29.2 Å². The molecule has 0 fully saturated rings. The van der Waals surface area contributed by atoms with E-state index in [1.807, 2.05) is 0 Å². The van der Waals surface area contributed by atoms with Crippen LogP contribution in [0.4, 0.5) is 5.69 Å². The maximum absolute atomic E-state index is 12.3. The second-order valence-corrected chi connectivity index (χ2v) is 4.86. The van der Waals surface area contributed by atoms with E-state index >= 15 is 0 Å². The molecule has 23 heavy (non-hydrogen) atoms. The summed E-state index contributed by atoms with van der Waals surface area (Å²) in [5, 5.41) is 2.76. The van der Waals surface area contributed by atoms with Gasteiger partial charge in [0, 0.05) is 29.5 Å². The Kier molecular flexibility index (Phi) is 5.32. The number of benzene rings is 2. The number of primary amides is 1. The molecule has 2 aromatic rings. The molecular formula is C17H18N2O4. The molecule has 0 bridgehead atoms. The van der Waals surface area contributed by atoms with Gasteiger partial charge in [0.25, 0.3) is 5.91 Å². The number of carbonyl (C=O) groups is 2. The molecule has 2 amide bonds. The number of amides is 2. The zero-order valence-electron chi connectivity index (χ0n) is 13.0. The average molecular weight is 314 g/mol. The minimum absolute atomic E-state index is 0.267. The van der Waals surface area contributed by atoms with Gasteiger partial charge in [-0.25, -0.2) is 0 Å². The second kappa shape index (κ2) is 7.42. The molecule has 120 valence electrons. The van der Waals surface area contributed by atoms with Crippen molar-refractivity contribution in [1.82, 2.24) is 0 Å². The van der Waals surface area contributed by atoms with Crippen molar-refractivity contribution in [3.8, 4) is 5.75 Å². The monoisotopic (exact) mass is 314 g/mol. The maximum atomic E-state index is 12.3. The summed E-state index contributed by atoms with van der Waals surface area (Å²) >= 11 is 0. The smallest absolute Gasteiger partial charge is 0.255 e. The Hall–Kier alpha value is -2.86. The fraction of sp³-hybridized carbons (Fsp3) is 0.176. The summed E-state index contributed by atoms with van der Waals surface area (Å²) in [5.74, 6) is -0.117. The largest absolute Gasteiger partial charge is 0.496 e. The zero-order chi connectivity index (χ0) is 16.8. The van der Waals surface area contributed by atoms with E-state index in [9.17, 15) is 9.59 Å². The summed E-state index contributed by atoms with van der Waals surface area (Å²) in [6.07, 6.45) is 0. The molecule has 0 heterocycles. The lowest BCUT2D eigenvalue weighted by atomic mass is 10.1. The Bertz CT molecular complexity index is 711. The first kappa shape index (κ1) is 16.5. The molecule has 0 atom stereocenters. The molecule has 6 heteroatoms. The van der Waals surface area contributed by atoms with Gasteiger partial charge in [-0.1, -0.05) is 0 Å². The van der Waals surface area contributed by atoms with Crippen LogP contribution in [0.5, 0.6) is 5.75 Å².